The summed E-state index contributed by atoms with van der Waals surface area (Å²) >= 11 is 0. The van der Waals surface area contributed by atoms with Crippen LogP contribution < -0.4 is 10.6 Å². The Morgan fingerprint density at radius 1 is 1.00 bits per heavy atom. The van der Waals surface area contributed by atoms with E-state index < -0.39 is 0 Å². The highest BCUT2D eigenvalue weighted by atomic mass is 16.5. The van der Waals surface area contributed by atoms with Crippen molar-refractivity contribution < 1.29 is 19.1 Å². The molecule has 2 N–H and O–H groups in total. The zero-order valence-electron chi connectivity index (χ0n) is 17.9. The summed E-state index contributed by atoms with van der Waals surface area (Å²) < 4.78 is 4.90. The first-order valence-electron chi connectivity index (χ1n) is 10.8. The van der Waals surface area contributed by atoms with E-state index in [1.165, 1.54) is 0 Å². The Morgan fingerprint density at radius 3 is 2.57 bits per heavy atom. The van der Waals surface area contributed by atoms with E-state index in [1.807, 2.05) is 35.2 Å². The third kappa shape index (κ3) is 9.26. The summed E-state index contributed by atoms with van der Waals surface area (Å²) in [5, 5.41) is 5.85. The summed E-state index contributed by atoms with van der Waals surface area (Å²) in [6, 6.07) is 9.35. The number of anilines is 1. The topological polar surface area (TPSA) is 91.0 Å². The molecule has 30 heavy (non-hydrogen) atoms. The molecule has 8 heteroatoms. The van der Waals surface area contributed by atoms with Crippen LogP contribution in [0.15, 0.2) is 30.3 Å². The lowest BCUT2D eigenvalue weighted by atomic mass is 10.2. The maximum atomic E-state index is 12.4. The molecule has 0 spiro atoms. The number of urea groups is 1. The molecule has 1 saturated heterocycles. The number of amides is 3. The molecule has 0 atom stereocenters. The molecule has 1 heterocycles. The Hall–Kier alpha value is -2.61. The minimum absolute atomic E-state index is 0.0399. The molecule has 0 radical (unpaired) electrons. The second kappa shape index (κ2) is 13.6. The number of esters is 1. The van der Waals surface area contributed by atoms with E-state index in [2.05, 4.69) is 15.5 Å². The van der Waals surface area contributed by atoms with Crippen LogP contribution >= 0.6 is 0 Å². The highest BCUT2D eigenvalue weighted by molar-refractivity contribution is 5.92. The van der Waals surface area contributed by atoms with Gasteiger partial charge in [-0.3, -0.25) is 14.5 Å². The summed E-state index contributed by atoms with van der Waals surface area (Å²) in [4.78, 5) is 39.8. The number of nitrogens with one attached hydrogen (secondary N) is 2. The molecule has 1 fully saturated rings. The van der Waals surface area contributed by atoms with Gasteiger partial charge in [-0.15, -0.1) is 0 Å². The Labute approximate surface area is 178 Å². The van der Waals surface area contributed by atoms with Gasteiger partial charge >= 0.3 is 12.0 Å². The molecule has 166 valence electrons. The lowest BCUT2D eigenvalue weighted by Gasteiger charge is -2.22. The lowest BCUT2D eigenvalue weighted by Crippen LogP contribution is -2.43. The first-order chi connectivity index (χ1) is 14.6. The number of unbranched alkanes of at least 4 members (excludes halogenated alkanes) is 2. The molecule has 8 nitrogen and oxygen atoms in total. The second-order valence-corrected chi connectivity index (χ2v) is 7.38. The number of hydrogen-bond donors (Lipinski definition) is 2. The third-order valence-corrected chi connectivity index (χ3v) is 4.94. The molecule has 1 aromatic rings. The Balaban J connectivity index is 1.60. The summed E-state index contributed by atoms with van der Waals surface area (Å²) in [5.74, 6) is -0.199. The van der Waals surface area contributed by atoms with Crippen LogP contribution in [-0.4, -0.2) is 73.6 Å². The van der Waals surface area contributed by atoms with Gasteiger partial charge in [-0.25, -0.2) is 4.79 Å². The standard InChI is InChI=1S/C22H34N4O4/c1-2-30-21(28)12-7-4-8-13-23-22(29)26-15-9-14-25(16-17-26)18-20(27)24-19-10-5-3-6-11-19/h3,5-6,10-11H,2,4,7-9,12-18H2,1H3,(H,23,29)(H,24,27). The van der Waals surface area contributed by atoms with Crippen molar-refractivity contribution >= 4 is 23.6 Å². The van der Waals surface area contributed by atoms with Crippen LogP contribution in [-0.2, 0) is 14.3 Å². The van der Waals surface area contributed by atoms with E-state index in [9.17, 15) is 14.4 Å². The maximum Gasteiger partial charge on any atom is 0.317 e. The number of para-hydroxylation sites is 1. The zero-order chi connectivity index (χ0) is 21.6. The largest absolute Gasteiger partial charge is 0.466 e. The van der Waals surface area contributed by atoms with Crippen LogP contribution in [0.3, 0.4) is 0 Å². The predicted molar refractivity (Wildman–Crippen MR) is 116 cm³/mol. The van der Waals surface area contributed by atoms with Gasteiger partial charge < -0.3 is 20.3 Å². The van der Waals surface area contributed by atoms with Gasteiger partial charge in [0.15, 0.2) is 0 Å². The number of benzene rings is 1. The van der Waals surface area contributed by atoms with Crippen LogP contribution in [0.25, 0.3) is 0 Å². The van der Waals surface area contributed by atoms with Crippen molar-refractivity contribution in [2.45, 2.75) is 39.0 Å². The Morgan fingerprint density at radius 2 is 1.80 bits per heavy atom. The van der Waals surface area contributed by atoms with E-state index in [1.54, 1.807) is 6.92 Å². The number of ether oxygens (including phenoxy) is 1. The van der Waals surface area contributed by atoms with Gasteiger partial charge in [-0.1, -0.05) is 24.6 Å². The molecular formula is C22H34N4O4. The molecule has 3 amide bonds. The molecule has 2 rings (SSSR count). The van der Waals surface area contributed by atoms with E-state index >= 15 is 0 Å². The average molecular weight is 419 g/mol. The van der Waals surface area contributed by atoms with Crippen molar-refractivity contribution in [3.63, 3.8) is 0 Å². The first kappa shape index (κ1) is 23.7. The highest BCUT2D eigenvalue weighted by Crippen LogP contribution is 2.07. The smallest absolute Gasteiger partial charge is 0.317 e. The summed E-state index contributed by atoms with van der Waals surface area (Å²) in [7, 11) is 0. The number of carbonyl (C=O) groups excluding carboxylic acids is 3. The van der Waals surface area contributed by atoms with Crippen LogP contribution in [0.2, 0.25) is 0 Å². The molecule has 1 aliphatic rings. The monoisotopic (exact) mass is 418 g/mol. The molecule has 0 bridgehead atoms. The Kier molecular flexibility index (Phi) is 10.7. The van der Waals surface area contributed by atoms with E-state index in [0.29, 0.717) is 45.8 Å². The third-order valence-electron chi connectivity index (χ3n) is 4.94. The number of rotatable bonds is 10. The lowest BCUT2D eigenvalue weighted by molar-refractivity contribution is -0.143. The van der Waals surface area contributed by atoms with Crippen molar-refractivity contribution in [3.05, 3.63) is 30.3 Å². The number of hydrogen-bond acceptors (Lipinski definition) is 5. The minimum Gasteiger partial charge on any atom is -0.466 e. The van der Waals surface area contributed by atoms with Crippen LogP contribution in [0.1, 0.15) is 39.0 Å². The fourth-order valence-corrected chi connectivity index (χ4v) is 3.37. The summed E-state index contributed by atoms with van der Waals surface area (Å²) in [6.07, 6.45) is 3.76. The first-order valence-corrected chi connectivity index (χ1v) is 10.8. The molecular weight excluding hydrogens is 384 g/mol. The van der Waals surface area contributed by atoms with Crippen LogP contribution in [0.5, 0.6) is 0 Å². The quantitative estimate of drug-likeness (QED) is 0.450. The fraction of sp³-hybridized carbons (Fsp3) is 0.591. The SMILES string of the molecule is CCOC(=O)CCCCCNC(=O)N1CCCN(CC(=O)Nc2ccccc2)CC1. The maximum absolute atomic E-state index is 12.4. The van der Waals surface area contributed by atoms with Crippen molar-refractivity contribution in [2.24, 2.45) is 0 Å². The van der Waals surface area contributed by atoms with Crippen molar-refractivity contribution in [1.29, 1.82) is 0 Å². The van der Waals surface area contributed by atoms with Gasteiger partial charge in [0, 0.05) is 44.8 Å². The van der Waals surface area contributed by atoms with Gasteiger partial charge in [0.1, 0.15) is 0 Å². The summed E-state index contributed by atoms with van der Waals surface area (Å²) in [6.45, 7) is 5.90. The van der Waals surface area contributed by atoms with Crippen molar-refractivity contribution in [1.82, 2.24) is 15.1 Å². The van der Waals surface area contributed by atoms with E-state index in [0.717, 1.165) is 37.9 Å². The second-order valence-electron chi connectivity index (χ2n) is 7.38. The predicted octanol–water partition coefficient (Wildman–Crippen LogP) is 2.47. The minimum atomic E-state index is -0.159. The number of nitrogens with zero attached hydrogens (tertiary/aromatic N) is 2. The van der Waals surface area contributed by atoms with E-state index in [-0.39, 0.29) is 17.9 Å². The highest BCUT2D eigenvalue weighted by Gasteiger charge is 2.20. The molecule has 0 aliphatic carbocycles. The summed E-state index contributed by atoms with van der Waals surface area (Å²) in [5.41, 5.74) is 0.792. The number of carbonyl (C=O) groups is 3. The van der Waals surface area contributed by atoms with Crippen molar-refractivity contribution in [3.8, 4) is 0 Å². The van der Waals surface area contributed by atoms with Crippen LogP contribution in [0.4, 0.5) is 10.5 Å². The van der Waals surface area contributed by atoms with Gasteiger partial charge in [-0.2, -0.15) is 0 Å². The molecule has 1 aromatic carbocycles. The van der Waals surface area contributed by atoms with Gasteiger partial charge in [0.05, 0.1) is 13.2 Å². The van der Waals surface area contributed by atoms with Gasteiger partial charge in [0.2, 0.25) is 5.91 Å². The van der Waals surface area contributed by atoms with Gasteiger partial charge in [0.25, 0.3) is 0 Å². The Bertz CT molecular complexity index is 668. The fourth-order valence-electron chi connectivity index (χ4n) is 3.37. The molecule has 1 aliphatic heterocycles. The molecule has 0 aromatic heterocycles. The zero-order valence-corrected chi connectivity index (χ0v) is 17.9. The van der Waals surface area contributed by atoms with E-state index in [4.69, 9.17) is 4.74 Å². The molecule has 0 saturated carbocycles. The van der Waals surface area contributed by atoms with Crippen molar-refractivity contribution in [2.75, 3.05) is 51.2 Å². The normalized spacial score (nSPS) is 14.6. The van der Waals surface area contributed by atoms with Crippen LogP contribution in [0, 0.1) is 0 Å². The van der Waals surface area contributed by atoms with Gasteiger partial charge in [-0.05, 0) is 38.3 Å². The molecule has 0 unspecified atom stereocenters. The average Bonchev–Trinajstić information content (AvgIpc) is 2.97.